The zero-order chi connectivity index (χ0) is 21.8. The van der Waals surface area contributed by atoms with Gasteiger partial charge in [0, 0.05) is 11.6 Å². The first-order valence-electron chi connectivity index (χ1n) is 10.2. The highest BCUT2D eigenvalue weighted by molar-refractivity contribution is 5.97. The first kappa shape index (κ1) is 20.3. The first-order chi connectivity index (χ1) is 15.0. The van der Waals surface area contributed by atoms with Gasteiger partial charge in [0.05, 0.1) is 16.6 Å². The van der Waals surface area contributed by atoms with E-state index in [-0.39, 0.29) is 11.9 Å². The molecule has 31 heavy (non-hydrogen) atoms. The molecule has 0 aliphatic heterocycles. The highest BCUT2D eigenvalue weighted by atomic mass is 16.2. The van der Waals surface area contributed by atoms with Crippen LogP contribution in [0.4, 0.5) is 0 Å². The number of amides is 1. The molecule has 0 unspecified atom stereocenters. The van der Waals surface area contributed by atoms with Gasteiger partial charge in [0.15, 0.2) is 0 Å². The van der Waals surface area contributed by atoms with Gasteiger partial charge in [-0.05, 0) is 55.7 Å². The van der Waals surface area contributed by atoms with Crippen molar-refractivity contribution in [2.75, 3.05) is 0 Å². The predicted octanol–water partition coefficient (Wildman–Crippen LogP) is 3.43. The van der Waals surface area contributed by atoms with E-state index in [1.807, 2.05) is 31.2 Å². The molecule has 156 valence electrons. The van der Waals surface area contributed by atoms with Crippen molar-refractivity contribution in [1.82, 2.24) is 14.9 Å². The minimum Gasteiger partial charge on any atom is -0.350 e. The number of aryl methyl sites for hydroxylation is 1. The lowest BCUT2D eigenvalue weighted by atomic mass is 10.1. The third kappa shape index (κ3) is 4.48. The maximum Gasteiger partial charge on any atom is 0.333 e. The molecule has 0 radical (unpaired) electrons. The second kappa shape index (κ2) is 8.83. The molecule has 0 fully saturated rings. The van der Waals surface area contributed by atoms with E-state index >= 15 is 0 Å². The van der Waals surface area contributed by atoms with E-state index in [0.29, 0.717) is 22.2 Å². The fraction of sp³-hybridized carbons (Fsp3) is 0.160. The Morgan fingerprint density at radius 1 is 0.968 bits per heavy atom. The summed E-state index contributed by atoms with van der Waals surface area (Å²) in [5.74, 6) is -0.240. The number of hydrogen-bond acceptors (Lipinski definition) is 3. The molecule has 0 saturated carbocycles. The van der Waals surface area contributed by atoms with Crippen molar-refractivity contribution in [2.45, 2.75) is 25.8 Å². The highest BCUT2D eigenvalue weighted by Crippen LogP contribution is 2.12. The number of hydrogen-bond donors (Lipinski definition) is 2. The third-order valence-corrected chi connectivity index (χ3v) is 5.26. The highest BCUT2D eigenvalue weighted by Gasteiger charge is 2.14. The molecule has 1 heterocycles. The molecule has 1 aromatic heterocycles. The van der Waals surface area contributed by atoms with Gasteiger partial charge in [-0.15, -0.1) is 0 Å². The number of benzene rings is 3. The quantitative estimate of drug-likeness (QED) is 0.508. The number of carbonyl (C=O) groups is 1. The van der Waals surface area contributed by atoms with Gasteiger partial charge in [-0.25, -0.2) is 9.36 Å². The Kier molecular flexibility index (Phi) is 5.80. The molecule has 6 heteroatoms. The maximum absolute atomic E-state index is 12.9. The summed E-state index contributed by atoms with van der Waals surface area (Å²) < 4.78 is 1.09. The number of H-pyrrole nitrogens is 1. The molecular weight excluding hydrogens is 390 g/mol. The van der Waals surface area contributed by atoms with E-state index in [9.17, 15) is 14.4 Å². The van der Waals surface area contributed by atoms with Gasteiger partial charge in [-0.3, -0.25) is 9.59 Å². The Morgan fingerprint density at radius 2 is 1.65 bits per heavy atom. The Balaban J connectivity index is 1.54. The summed E-state index contributed by atoms with van der Waals surface area (Å²) in [7, 11) is 0. The lowest BCUT2D eigenvalue weighted by Gasteiger charge is -2.14. The molecule has 0 spiro atoms. The smallest absolute Gasteiger partial charge is 0.333 e. The Bertz CT molecular complexity index is 1330. The standard InChI is InChI=1S/C25H23N3O3/c1-17(12-13-18-8-4-2-5-9-18)26-23(29)19-14-15-21-22(16-19)27-25(31)28(24(21)30)20-10-6-3-7-11-20/h2-11,14-17H,12-13H2,1H3,(H,26,29)(H,27,31)/t17-/m0/s1. The summed E-state index contributed by atoms with van der Waals surface area (Å²) in [6.07, 6.45) is 1.67. The van der Waals surface area contributed by atoms with Gasteiger partial charge in [-0.2, -0.15) is 0 Å². The van der Waals surface area contributed by atoms with Crippen molar-refractivity contribution in [3.63, 3.8) is 0 Å². The number of para-hydroxylation sites is 1. The zero-order valence-electron chi connectivity index (χ0n) is 17.2. The molecule has 4 aromatic rings. The monoisotopic (exact) mass is 413 g/mol. The van der Waals surface area contributed by atoms with E-state index in [2.05, 4.69) is 22.4 Å². The summed E-state index contributed by atoms with van der Waals surface area (Å²) in [5.41, 5.74) is 1.48. The van der Waals surface area contributed by atoms with Crippen LogP contribution < -0.4 is 16.6 Å². The third-order valence-electron chi connectivity index (χ3n) is 5.26. The molecule has 0 aliphatic carbocycles. The van der Waals surface area contributed by atoms with Crippen molar-refractivity contribution in [1.29, 1.82) is 0 Å². The second-order valence-electron chi connectivity index (χ2n) is 7.57. The van der Waals surface area contributed by atoms with E-state index < -0.39 is 11.2 Å². The molecular formula is C25H23N3O3. The lowest BCUT2D eigenvalue weighted by Crippen LogP contribution is -2.34. The molecule has 2 N–H and O–H groups in total. The first-order valence-corrected chi connectivity index (χ1v) is 10.2. The van der Waals surface area contributed by atoms with E-state index in [1.165, 1.54) is 5.56 Å². The number of fused-ring (bicyclic) bond motifs is 1. The van der Waals surface area contributed by atoms with Crippen molar-refractivity contribution >= 4 is 16.8 Å². The normalized spacial score (nSPS) is 11.9. The molecule has 3 aromatic carbocycles. The minimum atomic E-state index is -0.544. The fourth-order valence-corrected chi connectivity index (χ4v) is 3.58. The van der Waals surface area contributed by atoms with Crippen molar-refractivity contribution in [3.05, 3.63) is 111 Å². The van der Waals surface area contributed by atoms with E-state index in [0.717, 1.165) is 17.4 Å². The van der Waals surface area contributed by atoms with E-state index in [1.54, 1.807) is 42.5 Å². The number of aromatic amines is 1. The fourth-order valence-electron chi connectivity index (χ4n) is 3.58. The molecule has 0 saturated heterocycles. The van der Waals surface area contributed by atoms with Crippen LogP contribution in [0.1, 0.15) is 29.3 Å². The Hall–Kier alpha value is -3.93. The Morgan fingerprint density at radius 3 is 2.35 bits per heavy atom. The van der Waals surface area contributed by atoms with Crippen LogP contribution in [-0.2, 0) is 6.42 Å². The van der Waals surface area contributed by atoms with Crippen molar-refractivity contribution < 1.29 is 4.79 Å². The van der Waals surface area contributed by atoms with Crippen LogP contribution in [0.5, 0.6) is 0 Å². The minimum absolute atomic E-state index is 0.0199. The Labute approximate surface area is 179 Å². The SMILES string of the molecule is C[C@@H](CCc1ccccc1)NC(=O)c1ccc2c(=O)n(-c3ccccc3)c(=O)[nH]c2c1. The number of nitrogens with one attached hydrogen (secondary N) is 2. The summed E-state index contributed by atoms with van der Waals surface area (Å²) in [6.45, 7) is 1.96. The summed E-state index contributed by atoms with van der Waals surface area (Å²) in [6, 6.07) is 23.6. The van der Waals surface area contributed by atoms with Gasteiger partial charge >= 0.3 is 5.69 Å². The van der Waals surface area contributed by atoms with Crippen LogP contribution in [-0.4, -0.2) is 21.5 Å². The maximum atomic E-state index is 12.9. The molecule has 1 atom stereocenters. The van der Waals surface area contributed by atoms with Crippen LogP contribution in [0.3, 0.4) is 0 Å². The number of aromatic nitrogens is 2. The molecule has 6 nitrogen and oxygen atoms in total. The molecule has 0 bridgehead atoms. The van der Waals surface area contributed by atoms with Gasteiger partial charge in [0.25, 0.3) is 11.5 Å². The van der Waals surface area contributed by atoms with Crippen LogP contribution in [0.15, 0.2) is 88.5 Å². The summed E-state index contributed by atoms with van der Waals surface area (Å²) in [5, 5.41) is 3.33. The van der Waals surface area contributed by atoms with Crippen LogP contribution in [0.25, 0.3) is 16.6 Å². The predicted molar refractivity (Wildman–Crippen MR) is 122 cm³/mol. The van der Waals surface area contributed by atoms with Gasteiger partial charge in [0.2, 0.25) is 0 Å². The summed E-state index contributed by atoms with van der Waals surface area (Å²) in [4.78, 5) is 40.8. The number of nitrogens with zero attached hydrogens (tertiary/aromatic N) is 1. The number of carbonyl (C=O) groups excluding carboxylic acids is 1. The van der Waals surface area contributed by atoms with Gasteiger partial charge in [-0.1, -0.05) is 48.5 Å². The van der Waals surface area contributed by atoms with Crippen molar-refractivity contribution in [3.8, 4) is 5.69 Å². The van der Waals surface area contributed by atoms with Crippen LogP contribution in [0, 0.1) is 0 Å². The van der Waals surface area contributed by atoms with Crippen molar-refractivity contribution in [2.24, 2.45) is 0 Å². The zero-order valence-corrected chi connectivity index (χ0v) is 17.2. The number of rotatable bonds is 6. The average molecular weight is 413 g/mol. The summed E-state index contributed by atoms with van der Waals surface area (Å²) >= 11 is 0. The molecule has 1 amide bonds. The largest absolute Gasteiger partial charge is 0.350 e. The average Bonchev–Trinajstić information content (AvgIpc) is 2.78. The molecule has 4 rings (SSSR count). The molecule has 0 aliphatic rings. The second-order valence-corrected chi connectivity index (χ2v) is 7.57. The van der Waals surface area contributed by atoms with E-state index in [4.69, 9.17) is 0 Å². The topological polar surface area (TPSA) is 84.0 Å². The van der Waals surface area contributed by atoms with Crippen LogP contribution in [0.2, 0.25) is 0 Å². The van der Waals surface area contributed by atoms with Gasteiger partial charge in [0.1, 0.15) is 0 Å². The van der Waals surface area contributed by atoms with Crippen LogP contribution >= 0.6 is 0 Å². The lowest BCUT2D eigenvalue weighted by molar-refractivity contribution is 0.0938. The van der Waals surface area contributed by atoms with Gasteiger partial charge < -0.3 is 10.3 Å².